The molecule has 13 heteroatoms. The first-order chi connectivity index (χ1) is 19.4. The van der Waals surface area contributed by atoms with Crippen LogP contribution < -0.4 is 4.74 Å². The van der Waals surface area contributed by atoms with Gasteiger partial charge in [-0.1, -0.05) is 30.2 Å². The monoisotopic (exact) mass is 577 g/mol. The lowest BCUT2D eigenvalue weighted by molar-refractivity contribution is -0.162. The zero-order chi connectivity index (χ0) is 29.5. The first kappa shape index (κ1) is 28.9. The van der Waals surface area contributed by atoms with E-state index in [9.17, 15) is 32.7 Å². The van der Waals surface area contributed by atoms with Crippen molar-refractivity contribution in [3.63, 3.8) is 0 Å². The van der Waals surface area contributed by atoms with Crippen LogP contribution in [0.15, 0.2) is 18.2 Å². The number of ether oxygens (including phenoxy) is 1. The molecule has 2 fully saturated rings. The van der Waals surface area contributed by atoms with Gasteiger partial charge in [-0.3, -0.25) is 14.4 Å². The van der Waals surface area contributed by atoms with Gasteiger partial charge in [-0.2, -0.15) is 13.2 Å². The zero-order valence-electron chi connectivity index (χ0n) is 23.1. The number of rotatable bonds is 7. The van der Waals surface area contributed by atoms with E-state index in [0.717, 1.165) is 25.5 Å². The third-order valence-corrected chi connectivity index (χ3v) is 8.86. The lowest BCUT2D eigenvalue weighted by atomic mass is 9.66. The van der Waals surface area contributed by atoms with Crippen molar-refractivity contribution in [1.29, 1.82) is 0 Å². The topological polar surface area (TPSA) is 118 Å². The first-order valence-corrected chi connectivity index (χ1v) is 13.9. The Morgan fingerprint density at radius 2 is 1.95 bits per heavy atom. The van der Waals surface area contributed by atoms with E-state index in [1.807, 2.05) is 6.07 Å². The molecule has 3 heterocycles. The number of likely N-dealkylation sites (tertiary alicyclic amines) is 1. The molecule has 2 amide bonds. The van der Waals surface area contributed by atoms with Crippen LogP contribution in [0.3, 0.4) is 0 Å². The fourth-order valence-electron chi connectivity index (χ4n) is 6.60. The highest BCUT2D eigenvalue weighted by molar-refractivity contribution is 5.88. The Bertz CT molecular complexity index is 1340. The average Bonchev–Trinajstić information content (AvgIpc) is 3.51. The molecule has 0 bridgehead atoms. The van der Waals surface area contributed by atoms with Crippen molar-refractivity contribution in [3.05, 3.63) is 40.7 Å². The van der Waals surface area contributed by atoms with Gasteiger partial charge in [0.15, 0.2) is 5.69 Å². The Morgan fingerprint density at radius 3 is 2.63 bits per heavy atom. The van der Waals surface area contributed by atoms with Crippen molar-refractivity contribution in [1.82, 2.24) is 24.8 Å². The van der Waals surface area contributed by atoms with Gasteiger partial charge in [0, 0.05) is 38.7 Å². The summed E-state index contributed by atoms with van der Waals surface area (Å²) in [5.41, 5.74) is -1.10. The third-order valence-electron chi connectivity index (χ3n) is 8.86. The number of nitrogens with zero attached hydrogens (tertiary/aromatic N) is 5. The molecule has 2 aliphatic heterocycles. The van der Waals surface area contributed by atoms with Gasteiger partial charge in [-0.15, -0.1) is 5.10 Å². The summed E-state index contributed by atoms with van der Waals surface area (Å²) in [6, 6.07) is 4.62. The number of aliphatic carboxylic acids is 1. The Morgan fingerprint density at radius 1 is 1.17 bits per heavy atom. The molecule has 1 saturated heterocycles. The molecule has 1 aliphatic carbocycles. The molecule has 0 unspecified atom stereocenters. The number of carboxylic acid groups (broad SMARTS) is 1. The fourth-order valence-corrected chi connectivity index (χ4v) is 6.60. The van der Waals surface area contributed by atoms with Gasteiger partial charge >= 0.3 is 12.1 Å². The van der Waals surface area contributed by atoms with Gasteiger partial charge in [0.05, 0.1) is 17.4 Å². The highest BCUT2D eigenvalue weighted by atomic mass is 19.4. The van der Waals surface area contributed by atoms with E-state index in [-0.39, 0.29) is 24.1 Å². The molecule has 1 N–H and O–H groups in total. The molecule has 1 aromatic heterocycles. The maximum absolute atomic E-state index is 14.2. The molecule has 1 aromatic carbocycles. The molecule has 41 heavy (non-hydrogen) atoms. The number of aryl methyl sites for hydroxylation is 1. The number of benzene rings is 1. The summed E-state index contributed by atoms with van der Waals surface area (Å²) in [7, 11) is 1.16. The molecule has 2 aromatic rings. The molecular formula is C28H34F3N5O5. The van der Waals surface area contributed by atoms with Crippen LogP contribution in [0.25, 0.3) is 0 Å². The van der Waals surface area contributed by atoms with E-state index in [4.69, 9.17) is 4.74 Å². The highest BCUT2D eigenvalue weighted by Gasteiger charge is 2.50. The number of hydrogen-bond donors (Lipinski definition) is 1. The Labute approximate surface area is 235 Å². The number of halogens is 3. The first-order valence-electron chi connectivity index (χ1n) is 13.9. The Kier molecular flexibility index (Phi) is 7.73. The van der Waals surface area contributed by atoms with E-state index < -0.39 is 41.8 Å². The Balaban J connectivity index is 1.51. The van der Waals surface area contributed by atoms with Crippen LogP contribution >= 0.6 is 0 Å². The number of amides is 2. The number of hydrogen-bond acceptors (Lipinski definition) is 6. The van der Waals surface area contributed by atoms with Crippen molar-refractivity contribution in [2.24, 2.45) is 18.4 Å². The minimum absolute atomic E-state index is 0.0367. The van der Waals surface area contributed by atoms with E-state index in [1.54, 1.807) is 28.9 Å². The van der Waals surface area contributed by atoms with Crippen molar-refractivity contribution in [3.8, 4) is 5.75 Å². The average molecular weight is 578 g/mol. The summed E-state index contributed by atoms with van der Waals surface area (Å²) in [5.74, 6) is -1.76. The van der Waals surface area contributed by atoms with E-state index in [1.165, 1.54) is 0 Å². The van der Waals surface area contributed by atoms with E-state index >= 15 is 0 Å². The predicted molar refractivity (Wildman–Crippen MR) is 138 cm³/mol. The van der Waals surface area contributed by atoms with E-state index in [2.05, 4.69) is 10.3 Å². The van der Waals surface area contributed by atoms with Gasteiger partial charge in [0.2, 0.25) is 11.8 Å². The maximum Gasteiger partial charge on any atom is 0.435 e. The largest absolute Gasteiger partial charge is 0.487 e. The molecular weight excluding hydrogens is 543 g/mol. The molecule has 1 saturated carbocycles. The summed E-state index contributed by atoms with van der Waals surface area (Å²) < 4.78 is 47.5. The van der Waals surface area contributed by atoms with Crippen molar-refractivity contribution >= 4 is 17.8 Å². The van der Waals surface area contributed by atoms with Crippen LogP contribution in [0, 0.1) is 11.3 Å². The van der Waals surface area contributed by atoms with Gasteiger partial charge in [0.25, 0.3) is 0 Å². The molecule has 10 nitrogen and oxygen atoms in total. The van der Waals surface area contributed by atoms with Crippen LogP contribution in [-0.2, 0) is 40.6 Å². The van der Waals surface area contributed by atoms with Gasteiger partial charge < -0.3 is 19.6 Å². The second-order valence-electron chi connectivity index (χ2n) is 11.4. The van der Waals surface area contributed by atoms with E-state index in [0.29, 0.717) is 61.2 Å². The summed E-state index contributed by atoms with van der Waals surface area (Å²) in [6.07, 6.45) is -0.814. The minimum Gasteiger partial charge on any atom is -0.487 e. The van der Waals surface area contributed by atoms with Crippen molar-refractivity contribution in [2.75, 3.05) is 19.6 Å². The highest BCUT2D eigenvalue weighted by Crippen LogP contribution is 2.45. The fraction of sp³-hybridized carbons (Fsp3) is 0.607. The number of carboxylic acids is 1. The molecule has 0 radical (unpaired) electrons. The van der Waals surface area contributed by atoms with Crippen molar-refractivity contribution < 1.29 is 37.4 Å². The number of fused-ring (bicyclic) bond motifs is 1. The lowest BCUT2D eigenvalue weighted by Crippen LogP contribution is -2.52. The molecule has 222 valence electrons. The smallest absolute Gasteiger partial charge is 0.435 e. The van der Waals surface area contributed by atoms with Crippen LogP contribution in [-0.4, -0.2) is 67.3 Å². The SMILES string of the molecule is Cn1nnc(COc2cccc3c2[C@@H](CN2CCCC2=O)N(C(=O)[C@@H]2CCCC[C@]2(C)C(=O)O)CC3)c1C(F)(F)F. The van der Waals surface area contributed by atoms with Crippen LogP contribution in [0.5, 0.6) is 5.75 Å². The van der Waals surface area contributed by atoms with Gasteiger partial charge in [-0.05, 0) is 44.2 Å². The normalized spacial score (nSPS) is 24.9. The quantitative estimate of drug-likeness (QED) is 0.533. The summed E-state index contributed by atoms with van der Waals surface area (Å²) >= 11 is 0. The third kappa shape index (κ3) is 5.38. The number of carbonyl (C=O) groups is 3. The molecule has 0 spiro atoms. The molecule has 5 rings (SSSR count). The van der Waals surface area contributed by atoms with Crippen LogP contribution in [0.1, 0.15) is 74.0 Å². The summed E-state index contributed by atoms with van der Waals surface area (Å²) in [4.78, 5) is 42.5. The second-order valence-corrected chi connectivity index (χ2v) is 11.4. The van der Waals surface area contributed by atoms with Crippen LogP contribution in [0.4, 0.5) is 13.2 Å². The zero-order valence-corrected chi connectivity index (χ0v) is 23.1. The second kappa shape index (κ2) is 11.0. The standard InChI is InChI=1S/C28H34F3N5O5/c1-27(26(39)40)12-4-3-8-18(27)25(38)36-14-11-17-7-5-9-21(23(17)20(36)15-35-13-6-10-22(35)37)41-16-19-24(28(29,30)31)34(2)33-32-19/h5,7,9,18,20H,3-4,6,8,10-16H2,1-2H3,(H,39,40)/t18-,20+,27-/m0/s1. The van der Waals surface area contributed by atoms with Gasteiger partial charge in [0.1, 0.15) is 18.1 Å². The van der Waals surface area contributed by atoms with Crippen LogP contribution in [0.2, 0.25) is 0 Å². The lowest BCUT2D eigenvalue weighted by Gasteiger charge is -2.45. The number of alkyl halides is 3. The Hall–Kier alpha value is -3.64. The number of carbonyl (C=O) groups excluding carboxylic acids is 2. The summed E-state index contributed by atoms with van der Waals surface area (Å²) in [5, 5.41) is 17.2. The predicted octanol–water partition coefficient (Wildman–Crippen LogP) is 3.74. The minimum atomic E-state index is -4.67. The molecule has 3 atom stereocenters. The maximum atomic E-state index is 14.2. The van der Waals surface area contributed by atoms with Crippen molar-refractivity contribution in [2.45, 2.75) is 70.7 Å². The molecule has 3 aliphatic rings. The van der Waals surface area contributed by atoms with Gasteiger partial charge in [-0.25, -0.2) is 4.68 Å². The summed E-state index contributed by atoms with van der Waals surface area (Å²) in [6.45, 7) is 2.17. The number of aromatic nitrogens is 3.